The minimum atomic E-state index is 0.583. The predicted octanol–water partition coefficient (Wildman–Crippen LogP) is 3.81. The fourth-order valence-electron chi connectivity index (χ4n) is 0.384. The molecule has 0 atom stereocenters. The van der Waals surface area contributed by atoms with Gasteiger partial charge in [0.25, 0.3) is 0 Å². The van der Waals surface area contributed by atoms with Crippen molar-refractivity contribution in [3.8, 4) is 0 Å². The van der Waals surface area contributed by atoms with Crippen LogP contribution in [-0.4, -0.2) is 0 Å². The number of rotatable bonds is 3. The number of thioether (sulfide) groups is 1. The van der Waals surface area contributed by atoms with Gasteiger partial charge in [-0.05, 0) is 29.6 Å². The van der Waals surface area contributed by atoms with Crippen LogP contribution in [0.1, 0.15) is 27.7 Å². The smallest absolute Gasteiger partial charge is 0.0152 e. The molecule has 0 rings (SSSR count). The first-order valence-electron chi connectivity index (χ1n) is 3.57. The van der Waals surface area contributed by atoms with Crippen molar-refractivity contribution in [3.63, 3.8) is 0 Å². The number of hydrogen-bond acceptors (Lipinski definition) is 1. The first-order chi connectivity index (χ1) is 4.57. The van der Waals surface area contributed by atoms with Crippen LogP contribution >= 0.6 is 11.8 Å². The summed E-state index contributed by atoms with van der Waals surface area (Å²) in [4.78, 5) is 2.58. The zero-order valence-electron chi connectivity index (χ0n) is 7.27. The summed E-state index contributed by atoms with van der Waals surface area (Å²) in [5, 5.41) is 0. The van der Waals surface area contributed by atoms with Gasteiger partial charge in [0.15, 0.2) is 0 Å². The van der Waals surface area contributed by atoms with Gasteiger partial charge >= 0.3 is 0 Å². The molecule has 0 aromatic rings. The van der Waals surface area contributed by atoms with Crippen LogP contribution < -0.4 is 0 Å². The fraction of sp³-hybridized carbons (Fsp3) is 0.556. The Kier molecular flexibility index (Phi) is 4.54. The lowest BCUT2D eigenvalue weighted by Crippen LogP contribution is -1.86. The van der Waals surface area contributed by atoms with Gasteiger partial charge in [0.05, 0.1) is 0 Å². The topological polar surface area (TPSA) is 0 Å². The van der Waals surface area contributed by atoms with Crippen molar-refractivity contribution in [2.24, 2.45) is 5.92 Å². The Morgan fingerprint density at radius 1 is 1.50 bits per heavy atom. The summed E-state index contributed by atoms with van der Waals surface area (Å²) in [6, 6.07) is 0. The average Bonchev–Trinajstić information content (AvgIpc) is 1.87. The summed E-state index contributed by atoms with van der Waals surface area (Å²) in [6.45, 7) is 12.5. The summed E-state index contributed by atoms with van der Waals surface area (Å²) >= 11 is 1.77. The van der Waals surface area contributed by atoms with Gasteiger partial charge in [0.2, 0.25) is 0 Å². The third-order valence-corrected chi connectivity index (χ3v) is 2.63. The maximum Gasteiger partial charge on any atom is -0.0152 e. The Morgan fingerprint density at radius 3 is 2.30 bits per heavy atom. The molecule has 0 radical (unpaired) electrons. The molecule has 0 fully saturated rings. The number of hydrogen-bond donors (Lipinski definition) is 0. The predicted molar refractivity (Wildman–Crippen MR) is 51.0 cm³/mol. The van der Waals surface area contributed by atoms with E-state index >= 15 is 0 Å². The van der Waals surface area contributed by atoms with E-state index in [1.54, 1.807) is 11.8 Å². The molecule has 0 aromatic carbocycles. The van der Waals surface area contributed by atoms with E-state index < -0.39 is 0 Å². The zero-order chi connectivity index (χ0) is 8.15. The summed E-state index contributed by atoms with van der Waals surface area (Å²) in [7, 11) is 0. The van der Waals surface area contributed by atoms with Crippen LogP contribution in [0, 0.1) is 5.92 Å². The highest BCUT2D eigenvalue weighted by Crippen LogP contribution is 2.28. The highest BCUT2D eigenvalue weighted by molar-refractivity contribution is 8.06. The van der Waals surface area contributed by atoms with E-state index in [4.69, 9.17) is 0 Å². The van der Waals surface area contributed by atoms with Crippen molar-refractivity contribution in [1.29, 1.82) is 0 Å². The molecule has 0 unspecified atom stereocenters. The van der Waals surface area contributed by atoms with Crippen molar-refractivity contribution in [2.45, 2.75) is 27.7 Å². The Balaban J connectivity index is 3.81. The van der Waals surface area contributed by atoms with E-state index in [1.165, 1.54) is 9.81 Å². The van der Waals surface area contributed by atoms with Gasteiger partial charge in [-0.15, -0.1) is 0 Å². The van der Waals surface area contributed by atoms with Gasteiger partial charge in [-0.3, -0.25) is 0 Å². The Bertz CT molecular complexity index is 143. The van der Waals surface area contributed by atoms with Crippen molar-refractivity contribution in [3.05, 3.63) is 22.5 Å². The molecule has 0 aliphatic heterocycles. The van der Waals surface area contributed by atoms with Crippen LogP contribution in [-0.2, 0) is 0 Å². The summed E-state index contributed by atoms with van der Waals surface area (Å²) in [5.41, 5.74) is 0. The third-order valence-electron chi connectivity index (χ3n) is 1.34. The van der Waals surface area contributed by atoms with E-state index in [0.29, 0.717) is 5.92 Å². The van der Waals surface area contributed by atoms with Gasteiger partial charge in [0, 0.05) is 0 Å². The molecule has 0 amide bonds. The molecule has 0 spiro atoms. The normalized spacial score (nSPS) is 12.3. The van der Waals surface area contributed by atoms with E-state index in [1.807, 2.05) is 0 Å². The Morgan fingerprint density at radius 2 is 2.00 bits per heavy atom. The molecule has 0 saturated heterocycles. The molecular formula is C9H16S. The molecule has 1 heteroatoms. The molecule has 0 heterocycles. The molecule has 0 nitrogen and oxygen atoms in total. The monoisotopic (exact) mass is 156 g/mol. The maximum absolute atomic E-state index is 3.96. The molecule has 10 heavy (non-hydrogen) atoms. The van der Waals surface area contributed by atoms with Gasteiger partial charge < -0.3 is 0 Å². The average molecular weight is 156 g/mol. The standard InChI is InChI=1S/C9H16S/c1-6-8(4)10-9(5)7(2)3/h6-7H,5H2,1-4H3/b8-6-. The van der Waals surface area contributed by atoms with Crippen molar-refractivity contribution >= 4 is 11.8 Å². The maximum atomic E-state index is 3.96. The van der Waals surface area contributed by atoms with Gasteiger partial charge in [-0.1, -0.05) is 38.3 Å². The first kappa shape index (κ1) is 9.83. The second kappa shape index (κ2) is 4.62. The molecule has 58 valence electrons. The summed E-state index contributed by atoms with van der Waals surface area (Å²) in [6.07, 6.45) is 2.11. The van der Waals surface area contributed by atoms with Crippen LogP contribution in [0.4, 0.5) is 0 Å². The van der Waals surface area contributed by atoms with Crippen molar-refractivity contribution in [2.75, 3.05) is 0 Å². The van der Waals surface area contributed by atoms with Crippen LogP contribution in [0.25, 0.3) is 0 Å². The SMILES string of the molecule is C=C(S/C(C)=C\C)C(C)C. The van der Waals surface area contributed by atoms with E-state index in [-0.39, 0.29) is 0 Å². The van der Waals surface area contributed by atoms with Gasteiger partial charge in [-0.25, -0.2) is 0 Å². The molecule has 0 bridgehead atoms. The minimum absolute atomic E-state index is 0.583. The summed E-state index contributed by atoms with van der Waals surface area (Å²) in [5.74, 6) is 0.583. The second-order valence-corrected chi connectivity index (χ2v) is 3.99. The van der Waals surface area contributed by atoms with Crippen LogP contribution in [0.3, 0.4) is 0 Å². The van der Waals surface area contributed by atoms with Crippen molar-refractivity contribution in [1.82, 2.24) is 0 Å². The van der Waals surface area contributed by atoms with Gasteiger partial charge in [0.1, 0.15) is 0 Å². The molecule has 0 saturated carbocycles. The van der Waals surface area contributed by atoms with E-state index in [2.05, 4.69) is 40.3 Å². The van der Waals surface area contributed by atoms with Crippen LogP contribution in [0.5, 0.6) is 0 Å². The third kappa shape index (κ3) is 3.78. The van der Waals surface area contributed by atoms with Gasteiger partial charge in [-0.2, -0.15) is 0 Å². The molecule has 0 aliphatic rings. The highest BCUT2D eigenvalue weighted by atomic mass is 32.2. The van der Waals surface area contributed by atoms with E-state index in [9.17, 15) is 0 Å². The molecule has 0 aliphatic carbocycles. The van der Waals surface area contributed by atoms with Crippen LogP contribution in [0.15, 0.2) is 22.5 Å². The molecular weight excluding hydrogens is 140 g/mol. The first-order valence-corrected chi connectivity index (χ1v) is 4.39. The lowest BCUT2D eigenvalue weighted by Gasteiger charge is -2.07. The molecule has 0 aromatic heterocycles. The largest absolute Gasteiger partial charge is 0.1000 e. The number of allylic oxidation sites excluding steroid dienone is 3. The van der Waals surface area contributed by atoms with E-state index in [0.717, 1.165) is 0 Å². The second-order valence-electron chi connectivity index (χ2n) is 2.62. The Hall–Kier alpha value is -0.170. The highest BCUT2D eigenvalue weighted by Gasteiger charge is 2.00. The summed E-state index contributed by atoms with van der Waals surface area (Å²) < 4.78 is 0. The quantitative estimate of drug-likeness (QED) is 0.598. The Labute approximate surface area is 68.4 Å². The van der Waals surface area contributed by atoms with Crippen LogP contribution in [0.2, 0.25) is 0 Å². The zero-order valence-corrected chi connectivity index (χ0v) is 8.09. The lowest BCUT2D eigenvalue weighted by molar-refractivity contribution is 0.820. The van der Waals surface area contributed by atoms with Crippen molar-refractivity contribution < 1.29 is 0 Å². The fourth-order valence-corrected chi connectivity index (χ4v) is 1.15. The molecule has 0 N–H and O–H groups in total. The minimum Gasteiger partial charge on any atom is -0.1000 e. The lowest BCUT2D eigenvalue weighted by atomic mass is 10.2.